The number of aryl methyl sites for hydroxylation is 1. The summed E-state index contributed by atoms with van der Waals surface area (Å²) in [5, 5.41) is 13.9. The molecule has 0 spiro atoms. The topological polar surface area (TPSA) is 70.2 Å². The Morgan fingerprint density at radius 2 is 1.79 bits per heavy atom. The van der Waals surface area contributed by atoms with Gasteiger partial charge in [0.1, 0.15) is 10.8 Å². The fourth-order valence-electron chi connectivity index (χ4n) is 3.17. The van der Waals surface area contributed by atoms with Crippen molar-refractivity contribution in [2.45, 2.75) is 13.5 Å². The van der Waals surface area contributed by atoms with Crippen LogP contribution in [0.5, 0.6) is 5.75 Å². The fraction of sp³-hybridized carbons (Fsp3) is 0.136. The van der Waals surface area contributed by atoms with E-state index in [2.05, 4.69) is 22.1 Å². The third-order valence-electron chi connectivity index (χ3n) is 4.79. The Morgan fingerprint density at radius 3 is 2.45 bits per heavy atom. The van der Waals surface area contributed by atoms with E-state index in [1.54, 1.807) is 42.7 Å². The average Bonchev–Trinajstić information content (AvgIpc) is 3.36. The summed E-state index contributed by atoms with van der Waals surface area (Å²) >= 11 is 1.60. The number of methoxy groups -OCH3 is 1. The van der Waals surface area contributed by atoms with E-state index in [0.29, 0.717) is 6.54 Å². The van der Waals surface area contributed by atoms with Gasteiger partial charge < -0.3 is 9.30 Å². The molecule has 0 N–H and O–H groups in total. The SMILES string of the molecule is COc1ccc(-c2nc(-c3ccc(C)n3Cc3ccc([N+](=O)[O-])cc3)cs2)cc1. The molecule has 0 unspecified atom stereocenters. The molecule has 0 saturated heterocycles. The first-order valence-electron chi connectivity index (χ1n) is 9.05. The van der Waals surface area contributed by atoms with Gasteiger partial charge in [-0.1, -0.05) is 12.1 Å². The lowest BCUT2D eigenvalue weighted by molar-refractivity contribution is -0.384. The normalized spacial score (nSPS) is 10.8. The molecular weight excluding hydrogens is 386 g/mol. The van der Waals surface area contributed by atoms with Crippen LogP contribution in [0.15, 0.2) is 66.0 Å². The molecule has 6 nitrogen and oxygen atoms in total. The van der Waals surface area contributed by atoms with Crippen molar-refractivity contribution in [3.8, 4) is 27.7 Å². The Morgan fingerprint density at radius 1 is 1.07 bits per heavy atom. The van der Waals surface area contributed by atoms with Crippen LogP contribution < -0.4 is 4.74 Å². The molecule has 0 saturated carbocycles. The molecule has 29 heavy (non-hydrogen) atoms. The molecule has 0 aliphatic carbocycles. The van der Waals surface area contributed by atoms with E-state index in [1.165, 1.54) is 0 Å². The number of nitrogens with zero attached hydrogens (tertiary/aromatic N) is 3. The van der Waals surface area contributed by atoms with Crippen LogP contribution in [-0.4, -0.2) is 21.6 Å². The molecule has 146 valence electrons. The van der Waals surface area contributed by atoms with Gasteiger partial charge in [0.05, 0.1) is 23.4 Å². The quantitative estimate of drug-likeness (QED) is 0.311. The van der Waals surface area contributed by atoms with Crippen LogP contribution >= 0.6 is 11.3 Å². The zero-order valence-corrected chi connectivity index (χ0v) is 16.8. The maximum absolute atomic E-state index is 10.9. The number of nitro groups is 1. The van der Waals surface area contributed by atoms with Crippen molar-refractivity contribution >= 4 is 17.0 Å². The van der Waals surface area contributed by atoms with Crippen molar-refractivity contribution in [3.63, 3.8) is 0 Å². The molecule has 4 rings (SSSR count). The number of hydrogen-bond donors (Lipinski definition) is 0. The van der Waals surface area contributed by atoms with Gasteiger partial charge in [-0.3, -0.25) is 10.1 Å². The van der Waals surface area contributed by atoms with Crippen LogP contribution in [-0.2, 0) is 6.54 Å². The first-order chi connectivity index (χ1) is 14.0. The van der Waals surface area contributed by atoms with Gasteiger partial charge in [-0.05, 0) is 48.9 Å². The zero-order chi connectivity index (χ0) is 20.4. The Kier molecular flexibility index (Phi) is 5.14. The van der Waals surface area contributed by atoms with E-state index in [9.17, 15) is 10.1 Å². The lowest BCUT2D eigenvalue weighted by atomic mass is 10.2. The molecule has 0 atom stereocenters. The highest BCUT2D eigenvalue weighted by Crippen LogP contribution is 2.31. The largest absolute Gasteiger partial charge is 0.497 e. The van der Waals surface area contributed by atoms with E-state index < -0.39 is 0 Å². The predicted octanol–water partition coefficient (Wildman–Crippen LogP) is 5.55. The third kappa shape index (κ3) is 3.90. The predicted molar refractivity (Wildman–Crippen MR) is 114 cm³/mol. The number of non-ortho nitro benzene ring substituents is 1. The summed E-state index contributed by atoms with van der Waals surface area (Å²) in [6.07, 6.45) is 0. The van der Waals surface area contributed by atoms with Crippen molar-refractivity contribution in [1.29, 1.82) is 0 Å². The number of benzene rings is 2. The molecule has 0 bridgehead atoms. The lowest BCUT2D eigenvalue weighted by Crippen LogP contribution is -2.04. The van der Waals surface area contributed by atoms with E-state index in [4.69, 9.17) is 9.72 Å². The van der Waals surface area contributed by atoms with Gasteiger partial charge in [0.15, 0.2) is 0 Å². The fourth-order valence-corrected chi connectivity index (χ4v) is 3.99. The summed E-state index contributed by atoms with van der Waals surface area (Å²) in [5.74, 6) is 0.818. The minimum atomic E-state index is -0.383. The lowest BCUT2D eigenvalue weighted by Gasteiger charge is -2.10. The monoisotopic (exact) mass is 405 g/mol. The molecule has 7 heteroatoms. The Hall–Kier alpha value is -3.45. The summed E-state index contributed by atoms with van der Waals surface area (Å²) in [6.45, 7) is 2.67. The third-order valence-corrected chi connectivity index (χ3v) is 5.68. The summed E-state index contributed by atoms with van der Waals surface area (Å²) in [6, 6.07) is 18.7. The Balaban J connectivity index is 1.61. The number of aromatic nitrogens is 2. The molecule has 0 fully saturated rings. The number of ether oxygens (including phenoxy) is 1. The highest BCUT2D eigenvalue weighted by molar-refractivity contribution is 7.13. The first kappa shape index (κ1) is 18.9. The molecule has 2 aromatic carbocycles. The van der Waals surface area contributed by atoms with Gasteiger partial charge in [0, 0.05) is 35.3 Å². The molecule has 0 aliphatic rings. The molecule has 4 aromatic rings. The van der Waals surface area contributed by atoms with E-state index >= 15 is 0 Å². The second-order valence-corrected chi connectivity index (χ2v) is 7.49. The van der Waals surface area contributed by atoms with Crippen molar-refractivity contribution < 1.29 is 9.66 Å². The van der Waals surface area contributed by atoms with E-state index in [-0.39, 0.29) is 10.6 Å². The zero-order valence-electron chi connectivity index (χ0n) is 16.0. The van der Waals surface area contributed by atoms with Crippen LogP contribution in [0.4, 0.5) is 5.69 Å². The van der Waals surface area contributed by atoms with Gasteiger partial charge in [-0.25, -0.2) is 4.98 Å². The Labute approximate surface area is 172 Å². The van der Waals surface area contributed by atoms with Gasteiger partial charge in [-0.15, -0.1) is 11.3 Å². The summed E-state index contributed by atoms with van der Waals surface area (Å²) in [7, 11) is 1.65. The van der Waals surface area contributed by atoms with Crippen LogP contribution in [0.3, 0.4) is 0 Å². The van der Waals surface area contributed by atoms with Gasteiger partial charge in [-0.2, -0.15) is 0 Å². The summed E-state index contributed by atoms with van der Waals surface area (Å²) in [5.41, 5.74) is 5.20. The van der Waals surface area contributed by atoms with Crippen LogP contribution in [0, 0.1) is 17.0 Å². The van der Waals surface area contributed by atoms with Crippen molar-refractivity contribution in [1.82, 2.24) is 9.55 Å². The first-order valence-corrected chi connectivity index (χ1v) is 9.93. The number of nitro benzene ring substituents is 1. The van der Waals surface area contributed by atoms with Crippen molar-refractivity contribution in [3.05, 3.63) is 87.4 Å². The van der Waals surface area contributed by atoms with Gasteiger partial charge in [0.2, 0.25) is 0 Å². The minimum absolute atomic E-state index is 0.0989. The number of rotatable bonds is 6. The van der Waals surface area contributed by atoms with Crippen molar-refractivity contribution in [2.75, 3.05) is 7.11 Å². The molecular formula is C22H19N3O3S. The summed E-state index contributed by atoms with van der Waals surface area (Å²) in [4.78, 5) is 15.3. The molecule has 0 radical (unpaired) electrons. The highest BCUT2D eigenvalue weighted by Gasteiger charge is 2.13. The summed E-state index contributed by atoms with van der Waals surface area (Å²) < 4.78 is 7.39. The number of thiazole rings is 1. The molecule has 0 amide bonds. The van der Waals surface area contributed by atoms with E-state index in [1.807, 2.05) is 31.2 Å². The highest BCUT2D eigenvalue weighted by atomic mass is 32.1. The van der Waals surface area contributed by atoms with Crippen LogP contribution in [0.2, 0.25) is 0 Å². The standard InChI is InChI=1S/C22H19N3O3S/c1-15-3-12-21(24(15)13-16-4-8-18(9-5-16)25(26)27)20-14-29-22(23-20)17-6-10-19(28-2)11-7-17/h3-12,14H,13H2,1-2H3. The van der Waals surface area contributed by atoms with E-state index in [0.717, 1.165) is 39.0 Å². The van der Waals surface area contributed by atoms with Gasteiger partial charge in [0.25, 0.3) is 5.69 Å². The Bertz CT molecular complexity index is 1150. The van der Waals surface area contributed by atoms with Crippen LogP contribution in [0.25, 0.3) is 22.0 Å². The van der Waals surface area contributed by atoms with Crippen LogP contribution in [0.1, 0.15) is 11.3 Å². The maximum atomic E-state index is 10.9. The van der Waals surface area contributed by atoms with Gasteiger partial charge >= 0.3 is 0 Å². The maximum Gasteiger partial charge on any atom is 0.269 e. The minimum Gasteiger partial charge on any atom is -0.497 e. The number of hydrogen-bond acceptors (Lipinski definition) is 5. The van der Waals surface area contributed by atoms with Crippen molar-refractivity contribution in [2.24, 2.45) is 0 Å². The second kappa shape index (κ2) is 7.89. The second-order valence-electron chi connectivity index (χ2n) is 6.64. The smallest absolute Gasteiger partial charge is 0.269 e. The average molecular weight is 405 g/mol. The molecule has 2 aromatic heterocycles. The molecule has 0 aliphatic heterocycles. The molecule has 2 heterocycles.